The third kappa shape index (κ3) is 7.47. The summed E-state index contributed by atoms with van der Waals surface area (Å²) in [5.74, 6) is -2.42. The number of nitrogens with two attached hydrogens (primary N) is 1. The number of β-lactam (4-membered cyclic amide) rings is 1. The first kappa shape index (κ1) is 31.7. The molecule has 3 saturated heterocycles. The van der Waals surface area contributed by atoms with Gasteiger partial charge in [0.25, 0.3) is 0 Å². The molecular weight excluding hydrogens is 526 g/mol. The largest absolute Gasteiger partial charge is 0.480 e. The summed E-state index contributed by atoms with van der Waals surface area (Å²) in [6.07, 6.45) is 4.83. The Labute approximate surface area is 242 Å². The minimum absolute atomic E-state index is 0. The van der Waals surface area contributed by atoms with Crippen LogP contribution in [0.3, 0.4) is 0 Å². The van der Waals surface area contributed by atoms with Crippen LogP contribution >= 0.6 is 0 Å². The maximum atomic E-state index is 13.2. The lowest BCUT2D eigenvalue weighted by Gasteiger charge is -2.47. The smallest absolute Gasteiger partial charge is 0.327 e. The second-order valence-electron chi connectivity index (χ2n) is 11.1. The van der Waals surface area contributed by atoms with Crippen molar-refractivity contribution >= 4 is 29.9 Å². The first-order valence-corrected chi connectivity index (χ1v) is 14.1. The molecule has 1 aromatic carbocycles. The normalized spacial score (nSPS) is 22.5. The van der Waals surface area contributed by atoms with Gasteiger partial charge < -0.3 is 30.4 Å². The summed E-state index contributed by atoms with van der Waals surface area (Å²) in [6, 6.07) is 8.34. The number of guanidine groups is 1. The number of hydrogen-bond acceptors (Lipinski definition) is 5. The van der Waals surface area contributed by atoms with E-state index in [0.29, 0.717) is 39.1 Å². The number of rotatable bonds is 8. The number of carbonyl (C=O) groups excluding carboxylic acids is 3. The number of aryl methyl sites for hydroxylation is 1. The highest BCUT2D eigenvalue weighted by Crippen LogP contribution is 2.36. The molecule has 0 aromatic heterocycles. The van der Waals surface area contributed by atoms with Crippen molar-refractivity contribution in [2.45, 2.75) is 52.0 Å². The summed E-state index contributed by atoms with van der Waals surface area (Å²) < 4.78 is 0. The van der Waals surface area contributed by atoms with Crippen LogP contribution in [0.5, 0.6) is 0 Å². The van der Waals surface area contributed by atoms with E-state index in [0.717, 1.165) is 37.0 Å². The Balaban J connectivity index is 0.00000462. The van der Waals surface area contributed by atoms with Crippen LogP contribution in [0.25, 0.3) is 0 Å². The summed E-state index contributed by atoms with van der Waals surface area (Å²) in [5.41, 5.74) is 6.89. The zero-order valence-corrected chi connectivity index (χ0v) is 23.2. The number of nitrogens with zero attached hydrogens (tertiary/aromatic N) is 5. The molecular formula is C29H45N7O5. The van der Waals surface area contributed by atoms with Gasteiger partial charge in [-0.25, -0.2) is 19.3 Å². The Morgan fingerprint density at radius 3 is 2.32 bits per heavy atom. The minimum atomic E-state index is -1.20. The molecule has 226 valence electrons. The average Bonchev–Trinajstić information content (AvgIpc) is 2.96. The van der Waals surface area contributed by atoms with E-state index in [4.69, 9.17) is 11.1 Å². The van der Waals surface area contributed by atoms with E-state index >= 15 is 0 Å². The van der Waals surface area contributed by atoms with Gasteiger partial charge in [0.2, 0.25) is 5.91 Å². The molecule has 0 spiro atoms. The zero-order chi connectivity index (χ0) is 28.8. The number of nitrogens with one attached hydrogen (secondary N) is 1. The van der Waals surface area contributed by atoms with Gasteiger partial charge in [-0.2, -0.15) is 0 Å². The number of unbranched alkanes of at least 4 members (excludes halogenated alkanes) is 1. The summed E-state index contributed by atoms with van der Waals surface area (Å²) in [5, 5.41) is 17.5. The first-order valence-electron chi connectivity index (χ1n) is 14.1. The molecule has 3 fully saturated rings. The molecule has 3 aliphatic rings. The van der Waals surface area contributed by atoms with Crippen LogP contribution in [-0.2, 0) is 16.0 Å². The molecule has 1 aromatic rings. The van der Waals surface area contributed by atoms with Gasteiger partial charge in [-0.15, -0.1) is 0 Å². The Morgan fingerprint density at radius 2 is 1.68 bits per heavy atom. The van der Waals surface area contributed by atoms with Gasteiger partial charge in [0.15, 0.2) is 12.0 Å². The molecule has 3 aliphatic heterocycles. The van der Waals surface area contributed by atoms with Crippen LogP contribution < -0.4 is 5.73 Å². The molecule has 5 amide bonds. The molecule has 0 aliphatic carbocycles. The second kappa shape index (κ2) is 14.2. The average molecular weight is 572 g/mol. The van der Waals surface area contributed by atoms with Crippen LogP contribution in [0, 0.1) is 17.2 Å². The van der Waals surface area contributed by atoms with Gasteiger partial charge in [-0.3, -0.25) is 10.2 Å². The van der Waals surface area contributed by atoms with Crippen molar-refractivity contribution in [3.05, 3.63) is 35.9 Å². The highest BCUT2D eigenvalue weighted by atomic mass is 16.4. The highest BCUT2D eigenvalue weighted by Gasteiger charge is 2.56. The Kier molecular flexibility index (Phi) is 11.0. The van der Waals surface area contributed by atoms with E-state index < -0.39 is 29.9 Å². The number of piperazine rings is 1. The number of carboxylic acid groups (broad SMARTS) is 1. The van der Waals surface area contributed by atoms with E-state index in [-0.39, 0.29) is 38.4 Å². The van der Waals surface area contributed by atoms with Crippen molar-refractivity contribution in [1.29, 1.82) is 5.41 Å². The number of aliphatic carboxylic acids is 1. The maximum absolute atomic E-state index is 13.2. The van der Waals surface area contributed by atoms with Crippen molar-refractivity contribution in [2.75, 3.05) is 52.9 Å². The molecule has 4 N–H and O–H groups in total. The number of carboxylic acids is 1. The predicted octanol–water partition coefficient (Wildman–Crippen LogP) is 2.34. The van der Waals surface area contributed by atoms with Crippen LogP contribution in [-0.4, -0.2) is 118 Å². The highest BCUT2D eigenvalue weighted by molar-refractivity contribution is 6.07. The molecule has 3 heterocycles. The van der Waals surface area contributed by atoms with Crippen molar-refractivity contribution in [3.63, 3.8) is 0 Å². The van der Waals surface area contributed by atoms with Gasteiger partial charge in [0, 0.05) is 52.9 Å². The number of hydrogen-bond donors (Lipinski definition) is 3. The Bertz CT molecular complexity index is 1090. The van der Waals surface area contributed by atoms with Crippen molar-refractivity contribution < 1.29 is 24.3 Å². The van der Waals surface area contributed by atoms with Crippen LogP contribution in [0.2, 0.25) is 0 Å². The van der Waals surface area contributed by atoms with Crippen molar-refractivity contribution in [1.82, 2.24) is 24.5 Å². The van der Waals surface area contributed by atoms with E-state index in [1.165, 1.54) is 10.5 Å². The monoisotopic (exact) mass is 571 g/mol. The zero-order valence-electron chi connectivity index (χ0n) is 23.2. The molecule has 12 heteroatoms. The van der Waals surface area contributed by atoms with E-state index in [9.17, 15) is 24.3 Å². The van der Waals surface area contributed by atoms with Crippen LogP contribution in [0.15, 0.2) is 30.3 Å². The number of imide groups is 1. The van der Waals surface area contributed by atoms with Crippen LogP contribution in [0.4, 0.5) is 9.59 Å². The summed E-state index contributed by atoms with van der Waals surface area (Å²) in [4.78, 5) is 58.6. The molecule has 4 rings (SSSR count). The lowest BCUT2D eigenvalue weighted by Crippen LogP contribution is -2.70. The standard InChI is InChI=1S/C28H41N7O5.CH4/c1-31(12-6-5-10-20-8-3-2-4-9-20)27(39)32-14-16-33(17-15-32)28(40)35-23(25(37)38)22(24(35)36)18-21-11-7-13-34(19-21)26(29)30;/h2-4,8-9,21-23H,5-7,10-19H2,1H3,(H3,29,30)(H,37,38);1H4/t21?,22-,23?;/m1./s1. The van der Waals surface area contributed by atoms with Gasteiger partial charge in [0.1, 0.15) is 0 Å². The molecule has 0 saturated carbocycles. The Morgan fingerprint density at radius 1 is 1.02 bits per heavy atom. The first-order chi connectivity index (χ1) is 19.2. The SMILES string of the molecule is C.CN(CCCCc1ccccc1)C(=O)N1CCN(C(=O)N2C(=O)[C@H](CC3CCCN(C(=N)N)C3)C2C(=O)O)CC1. The molecule has 2 unspecified atom stereocenters. The van der Waals surface area contributed by atoms with Crippen LogP contribution in [0.1, 0.15) is 45.1 Å². The topological polar surface area (TPSA) is 155 Å². The lowest BCUT2D eigenvalue weighted by molar-refractivity contribution is -0.167. The number of amides is 5. The quantitative estimate of drug-likeness (QED) is 0.187. The number of urea groups is 2. The minimum Gasteiger partial charge on any atom is -0.480 e. The van der Waals surface area contributed by atoms with Crippen molar-refractivity contribution in [3.8, 4) is 0 Å². The van der Waals surface area contributed by atoms with Gasteiger partial charge in [0.05, 0.1) is 5.92 Å². The molecule has 0 bridgehead atoms. The fourth-order valence-corrected chi connectivity index (χ4v) is 6.01. The summed E-state index contributed by atoms with van der Waals surface area (Å²) in [7, 11) is 1.78. The molecule has 12 nitrogen and oxygen atoms in total. The summed E-state index contributed by atoms with van der Waals surface area (Å²) in [6.45, 7) is 2.95. The lowest BCUT2D eigenvalue weighted by atomic mass is 9.78. The number of benzene rings is 1. The number of likely N-dealkylation sites (tertiary alicyclic amines) is 2. The number of piperidine rings is 1. The fourth-order valence-electron chi connectivity index (χ4n) is 6.01. The maximum Gasteiger partial charge on any atom is 0.327 e. The van der Waals surface area contributed by atoms with Gasteiger partial charge in [-0.1, -0.05) is 37.8 Å². The number of carbonyl (C=O) groups is 4. The molecule has 3 atom stereocenters. The molecule has 0 radical (unpaired) electrons. The molecule has 41 heavy (non-hydrogen) atoms. The van der Waals surface area contributed by atoms with Gasteiger partial charge in [-0.05, 0) is 50.0 Å². The third-order valence-electron chi connectivity index (χ3n) is 8.32. The predicted molar refractivity (Wildman–Crippen MR) is 155 cm³/mol. The summed E-state index contributed by atoms with van der Waals surface area (Å²) >= 11 is 0. The fraction of sp³-hybridized carbons (Fsp3) is 0.621. The van der Waals surface area contributed by atoms with Gasteiger partial charge >= 0.3 is 18.0 Å². The van der Waals surface area contributed by atoms with E-state index in [1.54, 1.807) is 21.7 Å². The third-order valence-corrected chi connectivity index (χ3v) is 8.32. The van der Waals surface area contributed by atoms with Crippen molar-refractivity contribution in [2.24, 2.45) is 17.6 Å². The Hall–Kier alpha value is -3.83. The second-order valence-corrected chi connectivity index (χ2v) is 11.1. The van der Waals surface area contributed by atoms with E-state index in [2.05, 4.69) is 12.1 Å². The van der Waals surface area contributed by atoms with E-state index in [1.807, 2.05) is 18.2 Å².